The average molecular weight is 369 g/mol. The van der Waals surface area contributed by atoms with E-state index in [-0.39, 0.29) is 0 Å². The highest BCUT2D eigenvalue weighted by molar-refractivity contribution is 5.73. The van der Waals surface area contributed by atoms with Crippen LogP contribution in [0.5, 0.6) is 0 Å². The van der Waals surface area contributed by atoms with Crippen molar-refractivity contribution in [1.29, 1.82) is 0 Å². The Labute approximate surface area is 149 Å². The molecule has 0 saturated heterocycles. The molecule has 2 aromatic rings. The minimum absolute atomic E-state index is 0.321. The monoisotopic (exact) mass is 369 g/mol. The van der Waals surface area contributed by atoms with Crippen LogP contribution in [0, 0.1) is 0 Å². The van der Waals surface area contributed by atoms with Gasteiger partial charge in [-0.05, 0) is 18.4 Å². The smallest absolute Gasteiger partial charge is 0.475 e. The molecule has 1 aromatic heterocycles. The van der Waals surface area contributed by atoms with Gasteiger partial charge in [-0.15, -0.1) is 10.2 Å². The van der Waals surface area contributed by atoms with Crippen molar-refractivity contribution >= 4 is 5.97 Å². The first-order valence-corrected chi connectivity index (χ1v) is 8.57. The Balaban J connectivity index is 0.000000298. The molecular weight excluding hydrogens is 347 g/mol. The summed E-state index contributed by atoms with van der Waals surface area (Å²) in [5.74, 6) is -0.130. The molecule has 1 N–H and O–H groups in total. The predicted molar refractivity (Wildman–Crippen MR) is 89.8 cm³/mol. The van der Waals surface area contributed by atoms with Gasteiger partial charge in [0.05, 0.1) is 0 Å². The van der Waals surface area contributed by atoms with Gasteiger partial charge in [-0.3, -0.25) is 0 Å². The molecule has 3 rings (SSSR count). The molecule has 0 saturated carbocycles. The Kier molecular flexibility index (Phi) is 6.76. The fraction of sp³-hybridized carbons (Fsp3) is 0.500. The van der Waals surface area contributed by atoms with E-state index in [0.717, 1.165) is 18.8 Å². The van der Waals surface area contributed by atoms with E-state index in [2.05, 4.69) is 52.0 Å². The van der Waals surface area contributed by atoms with Crippen molar-refractivity contribution < 1.29 is 23.1 Å². The zero-order valence-corrected chi connectivity index (χ0v) is 14.5. The van der Waals surface area contributed by atoms with Crippen LogP contribution in [0.1, 0.15) is 55.7 Å². The zero-order chi connectivity index (χ0) is 19.2. The molecular formula is C18H22F3N3O2. The molecule has 1 atom stereocenters. The third kappa shape index (κ3) is 5.31. The Morgan fingerprint density at radius 3 is 2.35 bits per heavy atom. The molecule has 26 heavy (non-hydrogen) atoms. The van der Waals surface area contributed by atoms with Gasteiger partial charge in [-0.25, -0.2) is 4.79 Å². The van der Waals surface area contributed by atoms with Crippen LogP contribution in [-0.2, 0) is 17.8 Å². The number of aliphatic carboxylic acids is 1. The van der Waals surface area contributed by atoms with E-state index >= 15 is 0 Å². The molecule has 1 aliphatic rings. The summed E-state index contributed by atoms with van der Waals surface area (Å²) < 4.78 is 34.1. The van der Waals surface area contributed by atoms with Crippen molar-refractivity contribution in [1.82, 2.24) is 14.8 Å². The average Bonchev–Trinajstić information content (AvgIpc) is 2.96. The number of carbonyl (C=O) groups is 1. The number of aryl methyl sites for hydroxylation is 1. The van der Waals surface area contributed by atoms with Crippen molar-refractivity contribution in [2.75, 3.05) is 0 Å². The molecule has 0 amide bonds. The molecule has 0 unspecified atom stereocenters. The van der Waals surface area contributed by atoms with Gasteiger partial charge in [0.2, 0.25) is 0 Å². The maximum atomic E-state index is 10.6. The number of nitrogens with zero attached hydrogens (tertiary/aromatic N) is 3. The summed E-state index contributed by atoms with van der Waals surface area (Å²) in [6.07, 6.45) is 1.15. The summed E-state index contributed by atoms with van der Waals surface area (Å²) in [6, 6.07) is 10.6. The number of aromatic nitrogens is 3. The van der Waals surface area contributed by atoms with E-state index < -0.39 is 12.1 Å². The number of carboxylic acid groups (broad SMARTS) is 1. The Hall–Kier alpha value is -2.38. The van der Waals surface area contributed by atoms with Gasteiger partial charge in [0.15, 0.2) is 0 Å². The molecule has 142 valence electrons. The van der Waals surface area contributed by atoms with Crippen LogP contribution in [0.2, 0.25) is 0 Å². The molecule has 0 radical (unpaired) electrons. The first kappa shape index (κ1) is 19.9. The SMILES string of the molecule is C[C@@H](c1ccccc1)c1nnc2n1CCCCCC2.O=C(O)C(F)(F)F. The minimum atomic E-state index is -5.08. The molecule has 5 nitrogen and oxygen atoms in total. The molecule has 8 heteroatoms. The summed E-state index contributed by atoms with van der Waals surface area (Å²) in [5.41, 5.74) is 1.32. The fourth-order valence-electron chi connectivity index (χ4n) is 2.90. The van der Waals surface area contributed by atoms with E-state index in [0.29, 0.717) is 5.92 Å². The first-order chi connectivity index (χ1) is 12.3. The molecule has 0 fully saturated rings. The molecule has 0 bridgehead atoms. The van der Waals surface area contributed by atoms with E-state index in [1.165, 1.54) is 37.1 Å². The van der Waals surface area contributed by atoms with Gasteiger partial charge in [-0.2, -0.15) is 13.2 Å². The second-order valence-electron chi connectivity index (χ2n) is 6.23. The van der Waals surface area contributed by atoms with Gasteiger partial charge in [0, 0.05) is 18.9 Å². The number of carboxylic acids is 1. The number of rotatable bonds is 2. The van der Waals surface area contributed by atoms with Crippen LogP contribution in [0.4, 0.5) is 13.2 Å². The summed E-state index contributed by atoms with van der Waals surface area (Å²) in [6.45, 7) is 3.31. The second-order valence-corrected chi connectivity index (χ2v) is 6.23. The lowest BCUT2D eigenvalue weighted by atomic mass is 10.00. The van der Waals surface area contributed by atoms with Gasteiger partial charge in [0.1, 0.15) is 11.6 Å². The van der Waals surface area contributed by atoms with Crippen molar-refractivity contribution in [2.45, 2.75) is 57.7 Å². The largest absolute Gasteiger partial charge is 0.490 e. The number of hydrogen-bond donors (Lipinski definition) is 1. The van der Waals surface area contributed by atoms with Crippen LogP contribution in [0.25, 0.3) is 0 Å². The highest BCUT2D eigenvalue weighted by Crippen LogP contribution is 2.25. The summed E-state index contributed by atoms with van der Waals surface area (Å²) in [5, 5.41) is 16.0. The van der Waals surface area contributed by atoms with Crippen molar-refractivity contribution in [2.24, 2.45) is 0 Å². The first-order valence-electron chi connectivity index (χ1n) is 8.57. The van der Waals surface area contributed by atoms with Crippen molar-refractivity contribution in [3.05, 3.63) is 47.5 Å². The fourth-order valence-corrected chi connectivity index (χ4v) is 2.90. The Morgan fingerprint density at radius 2 is 1.73 bits per heavy atom. The zero-order valence-electron chi connectivity index (χ0n) is 14.5. The topological polar surface area (TPSA) is 68.0 Å². The number of hydrogen-bond acceptors (Lipinski definition) is 3. The number of fused-ring (bicyclic) bond motifs is 1. The highest BCUT2D eigenvalue weighted by Gasteiger charge is 2.38. The lowest BCUT2D eigenvalue weighted by Gasteiger charge is -2.17. The molecule has 2 heterocycles. The van der Waals surface area contributed by atoms with Crippen LogP contribution in [0.3, 0.4) is 0 Å². The maximum absolute atomic E-state index is 10.6. The van der Waals surface area contributed by atoms with Crippen molar-refractivity contribution in [3.63, 3.8) is 0 Å². The maximum Gasteiger partial charge on any atom is 0.490 e. The second kappa shape index (κ2) is 8.82. The standard InChI is InChI=1S/C16H21N3.C2HF3O2/c1-13(14-9-5-4-6-10-14)16-18-17-15-11-7-2-3-8-12-19(15)16;3-2(4,5)1(6)7/h4-6,9-10,13H,2-3,7-8,11-12H2,1H3;(H,6,7)/t13-;/m0./s1. The Bertz CT molecular complexity index is 714. The quantitative estimate of drug-likeness (QED) is 0.862. The summed E-state index contributed by atoms with van der Waals surface area (Å²) >= 11 is 0. The molecule has 0 spiro atoms. The summed E-state index contributed by atoms with van der Waals surface area (Å²) in [7, 11) is 0. The molecule has 1 aromatic carbocycles. The van der Waals surface area contributed by atoms with Crippen LogP contribution >= 0.6 is 0 Å². The van der Waals surface area contributed by atoms with Crippen molar-refractivity contribution in [3.8, 4) is 0 Å². The third-order valence-corrected chi connectivity index (χ3v) is 4.32. The minimum Gasteiger partial charge on any atom is -0.475 e. The Morgan fingerprint density at radius 1 is 1.12 bits per heavy atom. The van der Waals surface area contributed by atoms with E-state index in [1.54, 1.807) is 0 Å². The third-order valence-electron chi connectivity index (χ3n) is 4.32. The van der Waals surface area contributed by atoms with Crippen LogP contribution in [-0.4, -0.2) is 32.0 Å². The van der Waals surface area contributed by atoms with Gasteiger partial charge >= 0.3 is 12.1 Å². The highest BCUT2D eigenvalue weighted by atomic mass is 19.4. The number of benzene rings is 1. The van der Waals surface area contributed by atoms with E-state index in [1.807, 2.05) is 0 Å². The number of alkyl halides is 3. The van der Waals surface area contributed by atoms with Gasteiger partial charge < -0.3 is 9.67 Å². The number of halogens is 3. The van der Waals surface area contributed by atoms with Crippen LogP contribution in [0.15, 0.2) is 30.3 Å². The molecule has 1 aliphatic heterocycles. The normalized spacial score (nSPS) is 15.7. The van der Waals surface area contributed by atoms with Gasteiger partial charge in [-0.1, -0.05) is 50.1 Å². The molecule has 0 aliphatic carbocycles. The predicted octanol–water partition coefficient (Wildman–Crippen LogP) is 4.18. The van der Waals surface area contributed by atoms with E-state index in [9.17, 15) is 13.2 Å². The van der Waals surface area contributed by atoms with Gasteiger partial charge in [0.25, 0.3) is 0 Å². The van der Waals surface area contributed by atoms with E-state index in [4.69, 9.17) is 9.90 Å². The lowest BCUT2D eigenvalue weighted by molar-refractivity contribution is -0.192. The summed E-state index contributed by atoms with van der Waals surface area (Å²) in [4.78, 5) is 8.90. The lowest BCUT2D eigenvalue weighted by Crippen LogP contribution is -2.21. The van der Waals surface area contributed by atoms with Crippen LogP contribution < -0.4 is 0 Å².